The van der Waals surface area contributed by atoms with Crippen LogP contribution >= 0.6 is 0 Å². The van der Waals surface area contributed by atoms with Gasteiger partial charge in [-0.3, -0.25) is 4.90 Å². The van der Waals surface area contributed by atoms with Crippen LogP contribution in [0.25, 0.3) is 0 Å². The van der Waals surface area contributed by atoms with Gasteiger partial charge in [0.15, 0.2) is 0 Å². The molecule has 1 aromatic carbocycles. The van der Waals surface area contributed by atoms with E-state index in [1.807, 2.05) is 11.9 Å². The summed E-state index contributed by atoms with van der Waals surface area (Å²) >= 11 is 0. The Bertz CT molecular complexity index is 579. The van der Waals surface area contributed by atoms with Gasteiger partial charge in [0.2, 0.25) is 0 Å². The van der Waals surface area contributed by atoms with Crippen molar-refractivity contribution in [2.45, 2.75) is 50.2 Å². The highest BCUT2D eigenvalue weighted by molar-refractivity contribution is 5.75. The number of nitrogens with zero attached hydrogens (tertiary/aromatic N) is 2. The molecule has 2 N–H and O–H groups in total. The van der Waals surface area contributed by atoms with Gasteiger partial charge in [0.05, 0.1) is 12.1 Å². The lowest BCUT2D eigenvalue weighted by molar-refractivity contribution is 0.128. The maximum Gasteiger partial charge on any atom is 0.317 e. The Kier molecular flexibility index (Phi) is 5.91. The van der Waals surface area contributed by atoms with Crippen LogP contribution in [0.5, 0.6) is 0 Å². The van der Waals surface area contributed by atoms with Gasteiger partial charge in [0.1, 0.15) is 5.82 Å². The molecule has 1 aromatic rings. The van der Waals surface area contributed by atoms with Crippen LogP contribution in [-0.4, -0.2) is 59.8 Å². The normalized spacial score (nSPS) is 27.5. The lowest BCUT2D eigenvalue weighted by Crippen LogP contribution is -2.52. The summed E-state index contributed by atoms with van der Waals surface area (Å²) in [5, 5.41) is 12.5. The van der Waals surface area contributed by atoms with Crippen LogP contribution in [0, 0.1) is 5.82 Å². The van der Waals surface area contributed by atoms with Crippen molar-refractivity contribution in [2.24, 2.45) is 0 Å². The van der Waals surface area contributed by atoms with Crippen LogP contribution in [0.4, 0.5) is 9.18 Å². The fourth-order valence-corrected chi connectivity index (χ4v) is 4.20. The molecule has 25 heavy (non-hydrogen) atoms. The first kappa shape index (κ1) is 18.1. The summed E-state index contributed by atoms with van der Waals surface area (Å²) in [6.45, 7) is 1.76. The third-order valence-corrected chi connectivity index (χ3v) is 5.52. The summed E-state index contributed by atoms with van der Waals surface area (Å²) in [6, 6.07) is 6.72. The second-order valence-corrected chi connectivity index (χ2v) is 7.18. The zero-order valence-electron chi connectivity index (χ0n) is 14.8. The van der Waals surface area contributed by atoms with Gasteiger partial charge in [-0.25, -0.2) is 9.18 Å². The summed E-state index contributed by atoms with van der Waals surface area (Å²) in [5.41, 5.74) is 1.03. The second-order valence-electron chi connectivity index (χ2n) is 7.18. The van der Waals surface area contributed by atoms with Crippen molar-refractivity contribution in [3.63, 3.8) is 0 Å². The third kappa shape index (κ3) is 4.12. The standard InChI is InChI=1S/C19H28FN3O2/c1-22-12-9-17(18(22)14-5-7-15(20)8-6-14)21-19(25)23-11-3-2-4-16(23)10-13-24/h5-8,16-18,24H,2-4,9-13H2,1H3,(H,21,25)/t16-,17+,18-/m1/s1. The lowest BCUT2D eigenvalue weighted by Gasteiger charge is -2.37. The second kappa shape index (κ2) is 8.15. The minimum atomic E-state index is -0.245. The number of halogens is 1. The number of likely N-dealkylation sites (N-methyl/N-ethyl adjacent to an activating group) is 1. The highest BCUT2D eigenvalue weighted by Gasteiger charge is 2.36. The maximum absolute atomic E-state index is 13.2. The number of carbonyl (C=O) groups is 1. The SMILES string of the molecule is CN1CC[C@H](NC(=O)N2CCCC[C@@H]2CCO)[C@H]1c1ccc(F)cc1. The molecule has 5 nitrogen and oxygen atoms in total. The molecular weight excluding hydrogens is 321 g/mol. The first-order valence-electron chi connectivity index (χ1n) is 9.24. The molecule has 0 radical (unpaired) electrons. The van der Waals surface area contributed by atoms with Gasteiger partial charge in [-0.1, -0.05) is 12.1 Å². The van der Waals surface area contributed by atoms with Crippen molar-refractivity contribution in [2.75, 3.05) is 26.7 Å². The molecule has 2 heterocycles. The van der Waals surface area contributed by atoms with Gasteiger partial charge in [-0.05, 0) is 56.8 Å². The van der Waals surface area contributed by atoms with E-state index in [-0.39, 0.29) is 36.6 Å². The van der Waals surface area contributed by atoms with E-state index in [1.54, 1.807) is 12.1 Å². The Hall–Kier alpha value is -1.66. The Morgan fingerprint density at radius 1 is 1.24 bits per heavy atom. The van der Waals surface area contributed by atoms with Gasteiger partial charge >= 0.3 is 6.03 Å². The van der Waals surface area contributed by atoms with E-state index < -0.39 is 0 Å². The summed E-state index contributed by atoms with van der Waals surface area (Å²) in [4.78, 5) is 16.9. The summed E-state index contributed by atoms with van der Waals surface area (Å²) < 4.78 is 13.2. The molecule has 138 valence electrons. The van der Waals surface area contributed by atoms with Crippen LogP contribution in [0.15, 0.2) is 24.3 Å². The molecule has 6 heteroatoms. The number of benzene rings is 1. The average Bonchev–Trinajstić information content (AvgIpc) is 2.97. The van der Waals surface area contributed by atoms with Crippen molar-refractivity contribution in [3.8, 4) is 0 Å². The fraction of sp³-hybridized carbons (Fsp3) is 0.632. The molecule has 3 atom stereocenters. The first-order valence-corrected chi connectivity index (χ1v) is 9.24. The Labute approximate surface area is 148 Å². The number of nitrogens with one attached hydrogen (secondary N) is 1. The molecule has 3 rings (SSSR count). The Balaban J connectivity index is 1.69. The predicted molar refractivity (Wildman–Crippen MR) is 94.8 cm³/mol. The van der Waals surface area contributed by atoms with E-state index in [2.05, 4.69) is 10.2 Å². The van der Waals surface area contributed by atoms with E-state index in [9.17, 15) is 14.3 Å². The molecule has 0 saturated carbocycles. The van der Waals surface area contributed by atoms with Crippen molar-refractivity contribution in [1.82, 2.24) is 15.1 Å². The number of urea groups is 1. The third-order valence-electron chi connectivity index (χ3n) is 5.52. The van der Waals surface area contributed by atoms with Gasteiger partial charge in [0.25, 0.3) is 0 Å². The van der Waals surface area contributed by atoms with E-state index in [0.29, 0.717) is 6.42 Å². The molecule has 2 aliphatic rings. The molecule has 0 aliphatic carbocycles. The van der Waals surface area contributed by atoms with E-state index in [1.165, 1.54) is 12.1 Å². The Morgan fingerprint density at radius 2 is 2.00 bits per heavy atom. The number of aliphatic hydroxyl groups is 1. The smallest absolute Gasteiger partial charge is 0.317 e. The monoisotopic (exact) mass is 349 g/mol. The zero-order chi connectivity index (χ0) is 17.8. The van der Waals surface area contributed by atoms with Crippen LogP contribution < -0.4 is 5.32 Å². The van der Waals surface area contributed by atoms with Crippen LogP contribution in [0.2, 0.25) is 0 Å². The van der Waals surface area contributed by atoms with E-state index >= 15 is 0 Å². The molecule has 0 aromatic heterocycles. The van der Waals surface area contributed by atoms with Crippen molar-refractivity contribution in [3.05, 3.63) is 35.6 Å². The number of amides is 2. The average molecular weight is 349 g/mol. The quantitative estimate of drug-likeness (QED) is 0.878. The molecule has 2 amide bonds. The number of piperidine rings is 1. The molecule has 0 bridgehead atoms. The van der Waals surface area contributed by atoms with Crippen molar-refractivity contribution in [1.29, 1.82) is 0 Å². The highest BCUT2D eigenvalue weighted by atomic mass is 19.1. The van der Waals surface area contributed by atoms with E-state index in [4.69, 9.17) is 0 Å². The fourth-order valence-electron chi connectivity index (χ4n) is 4.20. The number of aliphatic hydroxyl groups excluding tert-OH is 1. The van der Waals surface area contributed by atoms with Crippen molar-refractivity contribution < 1.29 is 14.3 Å². The van der Waals surface area contributed by atoms with Crippen molar-refractivity contribution >= 4 is 6.03 Å². The minimum Gasteiger partial charge on any atom is -0.396 e. The number of likely N-dealkylation sites (tertiary alicyclic amines) is 2. The van der Waals surface area contributed by atoms with Crippen LogP contribution in [0.1, 0.15) is 43.7 Å². The predicted octanol–water partition coefficient (Wildman–Crippen LogP) is 2.52. The number of rotatable bonds is 4. The Morgan fingerprint density at radius 3 is 2.72 bits per heavy atom. The molecule has 2 saturated heterocycles. The van der Waals surface area contributed by atoms with Crippen LogP contribution in [0.3, 0.4) is 0 Å². The number of carbonyl (C=O) groups excluding carboxylic acids is 1. The molecule has 2 aliphatic heterocycles. The largest absolute Gasteiger partial charge is 0.396 e. The number of hydrogen-bond acceptors (Lipinski definition) is 3. The minimum absolute atomic E-state index is 0.0136. The molecular formula is C19H28FN3O2. The molecule has 0 spiro atoms. The zero-order valence-corrected chi connectivity index (χ0v) is 14.8. The van der Waals surface area contributed by atoms with Gasteiger partial charge in [-0.15, -0.1) is 0 Å². The molecule has 0 unspecified atom stereocenters. The first-order chi connectivity index (χ1) is 12.1. The maximum atomic E-state index is 13.2. The van der Waals surface area contributed by atoms with Gasteiger partial charge in [-0.2, -0.15) is 0 Å². The van der Waals surface area contributed by atoms with Gasteiger partial charge in [0, 0.05) is 25.7 Å². The summed E-state index contributed by atoms with van der Waals surface area (Å²) in [5.74, 6) is -0.245. The summed E-state index contributed by atoms with van der Waals surface area (Å²) in [7, 11) is 2.04. The van der Waals surface area contributed by atoms with Crippen LogP contribution in [-0.2, 0) is 0 Å². The number of hydrogen-bond donors (Lipinski definition) is 2. The highest BCUT2D eigenvalue weighted by Crippen LogP contribution is 2.31. The van der Waals surface area contributed by atoms with Gasteiger partial charge < -0.3 is 15.3 Å². The summed E-state index contributed by atoms with van der Waals surface area (Å²) in [6.07, 6.45) is 4.60. The topological polar surface area (TPSA) is 55.8 Å². The lowest BCUT2D eigenvalue weighted by atomic mass is 9.99. The molecule has 2 fully saturated rings. The van der Waals surface area contributed by atoms with E-state index in [0.717, 1.165) is 44.3 Å².